The number of aryl methyl sites for hydroxylation is 2. The van der Waals surface area contributed by atoms with E-state index in [0.717, 1.165) is 55.1 Å². The second-order valence-corrected chi connectivity index (χ2v) is 11.0. The molecular formula is C32H36FN7O. The van der Waals surface area contributed by atoms with Crippen LogP contribution < -0.4 is 10.2 Å². The quantitative estimate of drug-likeness (QED) is 0.602. The topological polar surface area (TPSA) is 89.6 Å². The molecule has 3 aliphatic heterocycles. The van der Waals surface area contributed by atoms with Crippen molar-refractivity contribution in [2.45, 2.75) is 33.5 Å². The van der Waals surface area contributed by atoms with E-state index in [1.54, 1.807) is 6.92 Å². The van der Waals surface area contributed by atoms with Crippen LogP contribution in [0.15, 0.2) is 59.6 Å². The molecule has 1 amide bonds. The second-order valence-electron chi connectivity index (χ2n) is 11.0. The second kappa shape index (κ2) is 12.1. The maximum atomic E-state index is 14.0. The molecule has 2 saturated heterocycles. The maximum absolute atomic E-state index is 14.0. The summed E-state index contributed by atoms with van der Waals surface area (Å²) < 4.78 is 14.0. The third kappa shape index (κ3) is 5.97. The highest BCUT2D eigenvalue weighted by molar-refractivity contribution is 5.96. The number of hydrogen-bond acceptors (Lipinski definition) is 7. The molecule has 0 bridgehead atoms. The molecule has 1 unspecified atom stereocenters. The van der Waals surface area contributed by atoms with Gasteiger partial charge in [-0.3, -0.25) is 14.6 Å². The molecule has 0 saturated carbocycles. The average Bonchev–Trinajstić information content (AvgIpc) is 2.99. The lowest BCUT2D eigenvalue weighted by Gasteiger charge is -2.40. The van der Waals surface area contributed by atoms with Crippen molar-refractivity contribution in [1.29, 1.82) is 10.5 Å². The van der Waals surface area contributed by atoms with Crippen molar-refractivity contribution in [3.05, 3.63) is 87.4 Å². The summed E-state index contributed by atoms with van der Waals surface area (Å²) in [5.74, 6) is -0.389. The van der Waals surface area contributed by atoms with Gasteiger partial charge in [0.15, 0.2) is 0 Å². The molecule has 0 spiro atoms. The van der Waals surface area contributed by atoms with E-state index in [0.29, 0.717) is 43.0 Å². The zero-order chi connectivity index (χ0) is 29.1. The van der Waals surface area contributed by atoms with Crippen LogP contribution in [0.2, 0.25) is 0 Å². The number of nitriles is 2. The third-order valence-corrected chi connectivity index (χ3v) is 8.43. The van der Waals surface area contributed by atoms with Gasteiger partial charge in [0.1, 0.15) is 18.1 Å². The Kier molecular flexibility index (Phi) is 8.39. The Morgan fingerprint density at radius 2 is 1.66 bits per heavy atom. The van der Waals surface area contributed by atoms with Gasteiger partial charge < -0.3 is 15.1 Å². The van der Waals surface area contributed by atoms with Crippen molar-refractivity contribution in [2.75, 3.05) is 57.3 Å². The standard InChI is InChI=1S/C32H36FN7O/c1-22-16-23(2)28(17-27(22)21-37-8-10-38(11-9-37)30-7-5-4-6-25(30)19-34)32(41)40-14-12-39(13-15-40)31-26(20-35)18-29(33)24(3)36-31/h4-7,16-18,31,36H,8-15,21H2,1-3H3. The smallest absolute Gasteiger partial charge is 0.254 e. The van der Waals surface area contributed by atoms with Crippen molar-refractivity contribution < 1.29 is 9.18 Å². The van der Waals surface area contributed by atoms with E-state index in [1.807, 2.05) is 36.1 Å². The van der Waals surface area contributed by atoms with Crippen LogP contribution in [0.5, 0.6) is 0 Å². The SMILES string of the molecule is CC1=C(F)C=C(C#N)C(N2CCN(C(=O)c3cc(CN4CCN(c5ccccc5C#N)CC4)c(C)cc3C)CC2)N1. The van der Waals surface area contributed by atoms with Gasteiger partial charge >= 0.3 is 0 Å². The molecule has 5 rings (SSSR count). The lowest BCUT2D eigenvalue weighted by Crippen LogP contribution is -2.56. The molecule has 1 N–H and O–H groups in total. The van der Waals surface area contributed by atoms with Crippen LogP contribution in [-0.4, -0.2) is 79.1 Å². The van der Waals surface area contributed by atoms with E-state index < -0.39 is 5.83 Å². The van der Waals surface area contributed by atoms with E-state index in [1.165, 1.54) is 11.6 Å². The highest BCUT2D eigenvalue weighted by atomic mass is 19.1. The first kappa shape index (κ1) is 28.4. The number of halogens is 1. The number of rotatable bonds is 5. The molecule has 212 valence electrons. The van der Waals surface area contributed by atoms with E-state index in [9.17, 15) is 19.7 Å². The minimum absolute atomic E-state index is 0.0242. The molecule has 0 aliphatic carbocycles. The third-order valence-electron chi connectivity index (χ3n) is 8.43. The van der Waals surface area contributed by atoms with E-state index >= 15 is 0 Å². The summed E-state index contributed by atoms with van der Waals surface area (Å²) in [6.45, 7) is 12.2. The van der Waals surface area contributed by atoms with Crippen molar-refractivity contribution >= 4 is 11.6 Å². The van der Waals surface area contributed by atoms with Gasteiger partial charge in [0.05, 0.1) is 22.9 Å². The van der Waals surface area contributed by atoms with Crippen LogP contribution in [-0.2, 0) is 6.54 Å². The van der Waals surface area contributed by atoms with E-state index in [4.69, 9.17) is 0 Å². The first-order chi connectivity index (χ1) is 19.8. The van der Waals surface area contributed by atoms with Gasteiger partial charge in [-0.25, -0.2) is 4.39 Å². The maximum Gasteiger partial charge on any atom is 0.254 e. The summed E-state index contributed by atoms with van der Waals surface area (Å²) in [6.07, 6.45) is 0.925. The molecule has 2 aromatic carbocycles. The van der Waals surface area contributed by atoms with Gasteiger partial charge in [0.25, 0.3) is 5.91 Å². The summed E-state index contributed by atoms with van der Waals surface area (Å²) in [7, 11) is 0. The van der Waals surface area contributed by atoms with Crippen molar-refractivity contribution in [1.82, 2.24) is 20.0 Å². The largest absolute Gasteiger partial charge is 0.368 e. The molecular weight excluding hydrogens is 517 g/mol. The van der Waals surface area contributed by atoms with Crippen LogP contribution in [0.4, 0.5) is 10.1 Å². The summed E-state index contributed by atoms with van der Waals surface area (Å²) >= 11 is 0. The highest BCUT2D eigenvalue weighted by Crippen LogP contribution is 2.25. The first-order valence-electron chi connectivity index (χ1n) is 14.1. The van der Waals surface area contributed by atoms with E-state index in [-0.39, 0.29) is 12.1 Å². The fraction of sp³-hybridized carbons (Fsp3) is 0.406. The summed E-state index contributed by atoms with van der Waals surface area (Å²) in [5, 5.41) is 22.1. The van der Waals surface area contributed by atoms with Gasteiger partial charge in [0.2, 0.25) is 0 Å². The van der Waals surface area contributed by atoms with Gasteiger partial charge in [0, 0.05) is 70.2 Å². The Balaban J connectivity index is 1.21. The predicted molar refractivity (Wildman–Crippen MR) is 156 cm³/mol. The van der Waals surface area contributed by atoms with Crippen LogP contribution >= 0.6 is 0 Å². The summed E-state index contributed by atoms with van der Waals surface area (Å²) in [6, 6.07) is 16.3. The molecule has 2 aromatic rings. The Morgan fingerprint density at radius 1 is 0.951 bits per heavy atom. The number of dihydropyridines is 1. The number of amides is 1. The highest BCUT2D eigenvalue weighted by Gasteiger charge is 2.31. The van der Waals surface area contributed by atoms with Gasteiger partial charge in [-0.2, -0.15) is 10.5 Å². The molecule has 0 radical (unpaired) electrons. The van der Waals surface area contributed by atoms with Crippen molar-refractivity contribution in [3.63, 3.8) is 0 Å². The zero-order valence-corrected chi connectivity index (χ0v) is 24.0. The Hall–Kier alpha value is -4.18. The number of hydrogen-bond donors (Lipinski definition) is 1. The molecule has 3 heterocycles. The van der Waals surface area contributed by atoms with Crippen molar-refractivity contribution in [3.8, 4) is 12.1 Å². The van der Waals surface area contributed by atoms with Crippen LogP contribution in [0.3, 0.4) is 0 Å². The average molecular weight is 554 g/mol. The molecule has 9 heteroatoms. The number of carbonyl (C=O) groups excluding carboxylic acids is 1. The van der Waals surface area contributed by atoms with Gasteiger partial charge in [-0.15, -0.1) is 0 Å². The van der Waals surface area contributed by atoms with Crippen LogP contribution in [0.25, 0.3) is 0 Å². The monoisotopic (exact) mass is 553 g/mol. The number of benzene rings is 2. The van der Waals surface area contributed by atoms with Crippen LogP contribution in [0.1, 0.15) is 39.5 Å². The first-order valence-corrected chi connectivity index (χ1v) is 14.1. The molecule has 2 fully saturated rings. The number of allylic oxidation sites excluding steroid dienone is 3. The fourth-order valence-corrected chi connectivity index (χ4v) is 5.94. The minimum Gasteiger partial charge on any atom is -0.368 e. The number of para-hydroxylation sites is 1. The number of nitrogens with one attached hydrogen (secondary N) is 1. The molecule has 1 atom stereocenters. The lowest BCUT2D eigenvalue weighted by molar-refractivity contribution is 0.0577. The van der Waals surface area contributed by atoms with Crippen LogP contribution in [0, 0.1) is 36.5 Å². The Morgan fingerprint density at radius 3 is 2.34 bits per heavy atom. The Bertz CT molecular complexity index is 1470. The predicted octanol–water partition coefficient (Wildman–Crippen LogP) is 3.84. The van der Waals surface area contributed by atoms with Gasteiger partial charge in [-0.1, -0.05) is 18.2 Å². The summed E-state index contributed by atoms with van der Waals surface area (Å²) in [5.41, 5.74) is 6.50. The molecule has 8 nitrogen and oxygen atoms in total. The van der Waals surface area contributed by atoms with Crippen molar-refractivity contribution in [2.24, 2.45) is 0 Å². The Labute approximate surface area is 241 Å². The van der Waals surface area contributed by atoms with Gasteiger partial charge in [-0.05, 0) is 61.7 Å². The molecule has 0 aromatic heterocycles. The minimum atomic E-state index is -0.413. The molecule has 41 heavy (non-hydrogen) atoms. The number of piperazine rings is 2. The number of nitrogens with zero attached hydrogens (tertiary/aromatic N) is 6. The summed E-state index contributed by atoms with van der Waals surface area (Å²) in [4.78, 5) is 22.3. The lowest BCUT2D eigenvalue weighted by atomic mass is 9.98. The molecule has 3 aliphatic rings. The zero-order valence-electron chi connectivity index (χ0n) is 24.0. The van der Waals surface area contributed by atoms with E-state index in [2.05, 4.69) is 51.2 Å². The normalized spacial score (nSPS) is 20.2. The number of anilines is 1. The fourth-order valence-electron chi connectivity index (χ4n) is 5.94. The number of carbonyl (C=O) groups is 1.